The van der Waals surface area contributed by atoms with Crippen LogP contribution in [0.2, 0.25) is 0 Å². The molecule has 1 N–H and O–H groups in total. The minimum Gasteiger partial charge on any atom is -0.304 e. The Labute approximate surface area is 113 Å². The number of alkyl halides is 1. The summed E-state index contributed by atoms with van der Waals surface area (Å²) in [5, 5.41) is 0. The summed E-state index contributed by atoms with van der Waals surface area (Å²) in [7, 11) is -1.06. The van der Waals surface area contributed by atoms with Crippen molar-refractivity contribution in [3.05, 3.63) is 0 Å². The second kappa shape index (κ2) is 5.97. The topological polar surface area (TPSA) is 52.6 Å². The zero-order valence-corrected chi connectivity index (χ0v) is 13.1. The Hall–Kier alpha value is 0.310. The van der Waals surface area contributed by atoms with Gasteiger partial charge in [0.15, 0.2) is 0 Å². The zero-order valence-electron chi connectivity index (χ0n) is 10.7. The highest BCUT2D eigenvalue weighted by Crippen LogP contribution is 2.16. The summed E-state index contributed by atoms with van der Waals surface area (Å²) in [5.74, 6) is 0. The van der Waals surface area contributed by atoms with E-state index in [4.69, 9.17) is 0 Å². The summed E-state index contributed by atoms with van der Waals surface area (Å²) in [6.07, 6.45) is 0. The van der Waals surface area contributed by atoms with Crippen molar-refractivity contribution in [1.82, 2.24) is 14.5 Å². The van der Waals surface area contributed by atoms with Crippen molar-refractivity contribution in [2.24, 2.45) is 0 Å². The molecule has 0 bridgehead atoms. The summed E-state index contributed by atoms with van der Waals surface area (Å²) in [4.78, 5) is 4.62. The molecule has 1 fully saturated rings. The van der Waals surface area contributed by atoms with Crippen molar-refractivity contribution in [3.8, 4) is 0 Å². The van der Waals surface area contributed by atoms with Crippen molar-refractivity contribution >= 4 is 26.0 Å². The van der Waals surface area contributed by atoms with Gasteiger partial charge < -0.3 is 4.90 Å². The van der Waals surface area contributed by atoms with E-state index in [9.17, 15) is 8.42 Å². The van der Waals surface area contributed by atoms with Crippen LogP contribution >= 0.6 is 15.9 Å². The van der Waals surface area contributed by atoms with E-state index in [0.717, 1.165) is 26.2 Å². The maximum absolute atomic E-state index is 11.4. The number of nitrogens with one attached hydrogen (secondary N) is 1. The quantitative estimate of drug-likeness (QED) is 0.737. The maximum Gasteiger partial charge on any atom is 0.221 e. The van der Waals surface area contributed by atoms with Crippen LogP contribution < -0.4 is 4.72 Å². The summed E-state index contributed by atoms with van der Waals surface area (Å²) in [5.41, 5.74) is -0.142. The first-order chi connectivity index (χ1) is 7.77. The second-order valence-corrected chi connectivity index (χ2v) is 8.26. The smallest absolute Gasteiger partial charge is 0.221 e. The van der Waals surface area contributed by atoms with Crippen LogP contribution in [-0.4, -0.2) is 68.2 Å². The zero-order chi connectivity index (χ0) is 13.1. The SMILES string of the molecule is CN1CCN(C(C)(C)CNS(=O)(=O)CBr)CC1. The average Bonchev–Trinajstić information content (AvgIpc) is 2.27. The van der Waals surface area contributed by atoms with Crippen LogP contribution in [0.3, 0.4) is 0 Å². The number of rotatable bonds is 5. The molecule has 0 unspecified atom stereocenters. The lowest BCUT2D eigenvalue weighted by Gasteiger charge is -2.43. The van der Waals surface area contributed by atoms with Gasteiger partial charge in [-0.2, -0.15) is 0 Å². The highest BCUT2D eigenvalue weighted by Gasteiger charge is 2.30. The molecule has 1 heterocycles. The van der Waals surface area contributed by atoms with Gasteiger partial charge in [-0.15, -0.1) is 0 Å². The fourth-order valence-electron chi connectivity index (χ4n) is 1.85. The molecular weight excluding hydrogens is 306 g/mol. The van der Waals surface area contributed by atoms with Crippen LogP contribution in [0.4, 0.5) is 0 Å². The van der Waals surface area contributed by atoms with Crippen LogP contribution in [0, 0.1) is 0 Å². The third-order valence-corrected chi connectivity index (χ3v) is 5.91. The van der Waals surface area contributed by atoms with E-state index >= 15 is 0 Å². The third kappa shape index (κ3) is 4.82. The molecule has 0 radical (unpaired) electrons. The predicted octanol–water partition coefficient (Wildman–Crippen LogP) is 0.284. The highest BCUT2D eigenvalue weighted by atomic mass is 79.9. The van der Waals surface area contributed by atoms with Crippen LogP contribution in [0.25, 0.3) is 0 Å². The van der Waals surface area contributed by atoms with Crippen molar-refractivity contribution < 1.29 is 8.42 Å². The van der Waals surface area contributed by atoms with E-state index < -0.39 is 10.0 Å². The monoisotopic (exact) mass is 327 g/mol. The molecule has 0 aromatic heterocycles. The number of likely N-dealkylation sites (N-methyl/N-ethyl adjacent to an activating group) is 1. The molecule has 5 nitrogen and oxygen atoms in total. The lowest BCUT2D eigenvalue weighted by molar-refractivity contribution is 0.0652. The number of nitrogens with zero attached hydrogens (tertiary/aromatic N) is 2. The van der Waals surface area contributed by atoms with Gasteiger partial charge in [0, 0.05) is 38.3 Å². The Morgan fingerprint density at radius 1 is 1.24 bits per heavy atom. The molecule has 1 aliphatic rings. The lowest BCUT2D eigenvalue weighted by atomic mass is 10.0. The van der Waals surface area contributed by atoms with E-state index in [1.54, 1.807) is 0 Å². The van der Waals surface area contributed by atoms with Crippen LogP contribution in [-0.2, 0) is 10.0 Å². The number of piperazine rings is 1. The number of hydrogen-bond donors (Lipinski definition) is 1. The highest BCUT2D eigenvalue weighted by molar-refractivity contribution is 9.10. The number of halogens is 1. The van der Waals surface area contributed by atoms with Gasteiger partial charge >= 0.3 is 0 Å². The van der Waals surface area contributed by atoms with Crippen LogP contribution in [0.15, 0.2) is 0 Å². The molecule has 102 valence electrons. The molecule has 0 aromatic rings. The largest absolute Gasteiger partial charge is 0.304 e. The first-order valence-corrected chi connectivity index (χ1v) is 8.51. The normalized spacial score (nSPS) is 20.7. The molecule has 0 aromatic carbocycles. The van der Waals surface area contributed by atoms with Gasteiger partial charge in [-0.25, -0.2) is 13.1 Å². The summed E-state index contributed by atoms with van der Waals surface area (Å²) < 4.78 is 25.4. The van der Waals surface area contributed by atoms with Crippen molar-refractivity contribution in [2.75, 3.05) is 44.4 Å². The van der Waals surface area contributed by atoms with E-state index in [1.807, 2.05) is 0 Å². The number of sulfonamides is 1. The van der Waals surface area contributed by atoms with Gasteiger partial charge in [-0.3, -0.25) is 4.90 Å². The minimum absolute atomic E-state index is 0.0428. The Morgan fingerprint density at radius 3 is 2.24 bits per heavy atom. The average molecular weight is 328 g/mol. The summed E-state index contributed by atoms with van der Waals surface area (Å²) >= 11 is 2.97. The molecule has 0 amide bonds. The predicted molar refractivity (Wildman–Crippen MR) is 73.9 cm³/mol. The Balaban J connectivity index is 2.51. The molecule has 17 heavy (non-hydrogen) atoms. The van der Waals surface area contributed by atoms with Crippen molar-refractivity contribution in [1.29, 1.82) is 0 Å². The van der Waals surface area contributed by atoms with Gasteiger partial charge in [0.25, 0.3) is 0 Å². The third-order valence-electron chi connectivity index (χ3n) is 3.23. The molecule has 1 aliphatic heterocycles. The number of hydrogen-bond acceptors (Lipinski definition) is 4. The Bertz CT molecular complexity index is 337. The standard InChI is InChI=1S/C10H22BrN3O2S/c1-10(2,8-12-17(15,16)9-11)14-6-4-13(3)5-7-14/h12H,4-9H2,1-3H3. The summed E-state index contributed by atoms with van der Waals surface area (Å²) in [6.45, 7) is 8.65. The van der Waals surface area contributed by atoms with Crippen molar-refractivity contribution in [2.45, 2.75) is 19.4 Å². The van der Waals surface area contributed by atoms with Gasteiger partial charge in [-0.05, 0) is 20.9 Å². The lowest BCUT2D eigenvalue weighted by Crippen LogP contribution is -2.57. The molecule has 1 saturated heterocycles. The molecule has 7 heteroatoms. The fourth-order valence-corrected chi connectivity index (χ4v) is 2.98. The van der Waals surface area contributed by atoms with Gasteiger partial charge in [-0.1, -0.05) is 15.9 Å². The van der Waals surface area contributed by atoms with Gasteiger partial charge in [0.05, 0.1) is 0 Å². The van der Waals surface area contributed by atoms with Gasteiger partial charge in [0.1, 0.15) is 4.66 Å². The molecule has 1 rings (SSSR count). The van der Waals surface area contributed by atoms with E-state index in [2.05, 4.69) is 51.3 Å². The van der Waals surface area contributed by atoms with E-state index in [-0.39, 0.29) is 10.2 Å². The molecule has 0 aliphatic carbocycles. The van der Waals surface area contributed by atoms with E-state index in [0.29, 0.717) is 6.54 Å². The maximum atomic E-state index is 11.4. The minimum atomic E-state index is -3.17. The van der Waals surface area contributed by atoms with Crippen LogP contribution in [0.1, 0.15) is 13.8 Å². The first-order valence-electron chi connectivity index (χ1n) is 5.74. The molecule has 0 saturated carbocycles. The molecule has 0 spiro atoms. The van der Waals surface area contributed by atoms with Crippen molar-refractivity contribution in [3.63, 3.8) is 0 Å². The Kier molecular flexibility index (Phi) is 5.39. The Morgan fingerprint density at radius 2 is 1.76 bits per heavy atom. The molecular formula is C10H22BrN3O2S. The first kappa shape index (κ1) is 15.4. The van der Waals surface area contributed by atoms with Gasteiger partial charge in [0.2, 0.25) is 10.0 Å². The fraction of sp³-hybridized carbons (Fsp3) is 1.00. The van der Waals surface area contributed by atoms with Crippen LogP contribution in [0.5, 0.6) is 0 Å². The second-order valence-electron chi connectivity index (χ2n) is 5.15. The summed E-state index contributed by atoms with van der Waals surface area (Å²) in [6, 6.07) is 0. The van der Waals surface area contributed by atoms with E-state index in [1.165, 1.54) is 0 Å². The molecule has 0 atom stereocenters.